The number of hydrogen-bond donors (Lipinski definition) is 1. The Morgan fingerprint density at radius 2 is 1.95 bits per heavy atom. The van der Waals surface area contributed by atoms with E-state index in [4.69, 9.17) is 18.9 Å². The van der Waals surface area contributed by atoms with Crippen LogP contribution in [-0.2, 0) is 20.7 Å². The highest BCUT2D eigenvalue weighted by atomic mass is 16.6. The van der Waals surface area contributed by atoms with Gasteiger partial charge in [0.1, 0.15) is 11.5 Å². The number of hydrogen-bond acceptors (Lipinski definition) is 5. The van der Waals surface area contributed by atoms with Gasteiger partial charge in [-0.25, -0.2) is 0 Å². The predicted molar refractivity (Wildman–Crippen MR) is 76.8 cm³/mol. The average Bonchev–Trinajstić information content (AvgIpc) is 2.55. The summed E-state index contributed by atoms with van der Waals surface area (Å²) in [5.41, 5.74) is 1.03. The van der Waals surface area contributed by atoms with Crippen molar-refractivity contribution in [2.75, 3.05) is 40.6 Å². The molecule has 0 saturated carbocycles. The second-order valence-corrected chi connectivity index (χ2v) is 4.70. The molecule has 0 radical (unpaired) electrons. The van der Waals surface area contributed by atoms with E-state index < -0.39 is 6.10 Å². The molecule has 1 aliphatic rings. The molecule has 0 aliphatic carbocycles. The lowest BCUT2D eigenvalue weighted by atomic mass is 10.1. The van der Waals surface area contributed by atoms with Gasteiger partial charge in [0, 0.05) is 12.6 Å². The molecule has 2 rings (SSSR count). The van der Waals surface area contributed by atoms with Gasteiger partial charge in [-0.2, -0.15) is 0 Å². The second kappa shape index (κ2) is 7.85. The van der Waals surface area contributed by atoms with Crippen molar-refractivity contribution in [2.45, 2.75) is 12.5 Å². The van der Waals surface area contributed by atoms with Crippen molar-refractivity contribution in [1.29, 1.82) is 0 Å². The zero-order valence-electron chi connectivity index (χ0n) is 12.4. The first-order valence-electron chi connectivity index (χ1n) is 6.92. The minimum Gasteiger partial charge on any atom is -0.497 e. The van der Waals surface area contributed by atoms with E-state index in [1.54, 1.807) is 14.2 Å². The zero-order chi connectivity index (χ0) is 15.1. The molecule has 21 heavy (non-hydrogen) atoms. The molecule has 1 amide bonds. The lowest BCUT2D eigenvalue weighted by Crippen LogP contribution is -2.43. The summed E-state index contributed by atoms with van der Waals surface area (Å²) in [6, 6.07) is 5.67. The lowest BCUT2D eigenvalue weighted by Gasteiger charge is -2.22. The lowest BCUT2D eigenvalue weighted by molar-refractivity contribution is -0.147. The molecule has 1 heterocycles. The summed E-state index contributed by atoms with van der Waals surface area (Å²) >= 11 is 0. The Morgan fingerprint density at radius 1 is 1.24 bits per heavy atom. The van der Waals surface area contributed by atoms with Crippen molar-refractivity contribution >= 4 is 5.91 Å². The van der Waals surface area contributed by atoms with Crippen LogP contribution >= 0.6 is 0 Å². The van der Waals surface area contributed by atoms with Gasteiger partial charge in [0.2, 0.25) is 0 Å². The van der Waals surface area contributed by atoms with Crippen LogP contribution in [0.15, 0.2) is 18.2 Å². The monoisotopic (exact) mass is 295 g/mol. The minimum absolute atomic E-state index is 0.135. The molecule has 1 atom stereocenters. The number of methoxy groups -OCH3 is 2. The Bertz CT molecular complexity index is 449. The van der Waals surface area contributed by atoms with E-state index in [-0.39, 0.29) is 5.91 Å². The highest BCUT2D eigenvalue weighted by molar-refractivity contribution is 5.80. The van der Waals surface area contributed by atoms with Crippen LogP contribution in [0.2, 0.25) is 0 Å². The molecular formula is C15H21NO5. The quantitative estimate of drug-likeness (QED) is 0.840. The highest BCUT2D eigenvalue weighted by Crippen LogP contribution is 2.22. The number of rotatable bonds is 6. The Morgan fingerprint density at radius 3 is 2.52 bits per heavy atom. The topological polar surface area (TPSA) is 66.0 Å². The van der Waals surface area contributed by atoms with Crippen molar-refractivity contribution in [3.05, 3.63) is 23.8 Å². The van der Waals surface area contributed by atoms with Crippen molar-refractivity contribution in [2.24, 2.45) is 0 Å². The highest BCUT2D eigenvalue weighted by Gasteiger charge is 2.21. The molecule has 0 unspecified atom stereocenters. The van der Waals surface area contributed by atoms with Crippen molar-refractivity contribution in [1.82, 2.24) is 5.32 Å². The van der Waals surface area contributed by atoms with Crippen LogP contribution in [0.5, 0.6) is 11.5 Å². The van der Waals surface area contributed by atoms with Gasteiger partial charge >= 0.3 is 0 Å². The minimum atomic E-state index is -0.501. The summed E-state index contributed by atoms with van der Waals surface area (Å²) in [6.07, 6.45) is 0.186. The summed E-state index contributed by atoms with van der Waals surface area (Å²) < 4.78 is 21.0. The first-order chi connectivity index (χ1) is 10.2. The Labute approximate surface area is 124 Å². The molecule has 0 aromatic heterocycles. The van der Waals surface area contributed by atoms with Gasteiger partial charge in [-0.05, 0) is 24.1 Å². The van der Waals surface area contributed by atoms with Crippen molar-refractivity contribution < 1.29 is 23.7 Å². The first kappa shape index (κ1) is 15.6. The van der Waals surface area contributed by atoms with E-state index in [0.717, 1.165) is 17.1 Å². The van der Waals surface area contributed by atoms with Crippen LogP contribution in [0.4, 0.5) is 0 Å². The van der Waals surface area contributed by atoms with E-state index >= 15 is 0 Å². The number of carbonyl (C=O) groups excluding carboxylic acids is 1. The van der Waals surface area contributed by atoms with E-state index in [0.29, 0.717) is 32.8 Å². The van der Waals surface area contributed by atoms with Gasteiger partial charge in [0.05, 0.1) is 34.0 Å². The van der Waals surface area contributed by atoms with Gasteiger partial charge in [-0.3, -0.25) is 4.79 Å². The van der Waals surface area contributed by atoms with Gasteiger partial charge in [-0.15, -0.1) is 0 Å². The van der Waals surface area contributed by atoms with E-state index in [2.05, 4.69) is 5.32 Å². The van der Waals surface area contributed by atoms with Gasteiger partial charge < -0.3 is 24.3 Å². The van der Waals surface area contributed by atoms with Crippen molar-refractivity contribution in [3.8, 4) is 11.5 Å². The molecule has 1 fully saturated rings. The molecule has 6 nitrogen and oxygen atoms in total. The number of amides is 1. The third kappa shape index (κ3) is 4.61. The molecule has 1 N–H and O–H groups in total. The third-order valence-electron chi connectivity index (χ3n) is 3.23. The molecule has 1 aliphatic heterocycles. The van der Waals surface area contributed by atoms with Crippen LogP contribution in [0.1, 0.15) is 5.56 Å². The standard InChI is InChI=1S/C15H21NO5/c1-18-12-7-11(8-13(9-12)19-2)3-4-16-15(17)14-10-20-5-6-21-14/h7-9,14H,3-6,10H2,1-2H3,(H,16,17)/t14-/m0/s1. The van der Waals surface area contributed by atoms with Crippen LogP contribution in [0, 0.1) is 0 Å². The molecule has 1 aromatic carbocycles. The number of benzene rings is 1. The maximum absolute atomic E-state index is 11.9. The Balaban J connectivity index is 1.83. The SMILES string of the molecule is COc1cc(CCNC(=O)[C@@H]2COCCO2)cc(OC)c1. The number of nitrogens with one attached hydrogen (secondary N) is 1. The Kier molecular flexibility index (Phi) is 5.83. The fourth-order valence-electron chi connectivity index (χ4n) is 2.09. The summed E-state index contributed by atoms with van der Waals surface area (Å²) in [6.45, 7) is 1.85. The maximum atomic E-state index is 11.9. The smallest absolute Gasteiger partial charge is 0.251 e. The van der Waals surface area contributed by atoms with Crippen LogP contribution in [0.3, 0.4) is 0 Å². The molecular weight excluding hydrogens is 274 g/mol. The first-order valence-corrected chi connectivity index (χ1v) is 6.92. The number of carbonyl (C=O) groups is 1. The third-order valence-corrected chi connectivity index (χ3v) is 3.23. The van der Waals surface area contributed by atoms with Gasteiger partial charge in [0.25, 0.3) is 5.91 Å². The molecule has 1 saturated heterocycles. The average molecular weight is 295 g/mol. The zero-order valence-corrected chi connectivity index (χ0v) is 12.4. The normalized spacial score (nSPS) is 18.1. The van der Waals surface area contributed by atoms with Crippen LogP contribution in [-0.4, -0.2) is 52.6 Å². The van der Waals surface area contributed by atoms with E-state index in [1.807, 2.05) is 18.2 Å². The van der Waals surface area contributed by atoms with Crippen LogP contribution in [0.25, 0.3) is 0 Å². The van der Waals surface area contributed by atoms with Gasteiger partial charge in [0.15, 0.2) is 6.10 Å². The molecule has 0 spiro atoms. The summed E-state index contributed by atoms with van der Waals surface area (Å²) in [4.78, 5) is 11.9. The van der Waals surface area contributed by atoms with Crippen LogP contribution < -0.4 is 14.8 Å². The molecule has 0 bridgehead atoms. The Hall–Kier alpha value is -1.79. The largest absolute Gasteiger partial charge is 0.497 e. The summed E-state index contributed by atoms with van der Waals surface area (Å²) in [5.74, 6) is 1.34. The maximum Gasteiger partial charge on any atom is 0.251 e. The van der Waals surface area contributed by atoms with Crippen molar-refractivity contribution in [3.63, 3.8) is 0 Å². The van der Waals surface area contributed by atoms with Gasteiger partial charge in [-0.1, -0.05) is 0 Å². The number of ether oxygens (including phenoxy) is 4. The molecule has 6 heteroatoms. The predicted octanol–water partition coefficient (Wildman–Crippen LogP) is 0.778. The van der Waals surface area contributed by atoms with E-state index in [9.17, 15) is 4.79 Å². The molecule has 1 aromatic rings. The summed E-state index contributed by atoms with van der Waals surface area (Å²) in [5, 5.41) is 2.85. The summed E-state index contributed by atoms with van der Waals surface area (Å²) in [7, 11) is 3.22. The van der Waals surface area contributed by atoms with E-state index in [1.165, 1.54) is 0 Å². The molecule has 116 valence electrons. The second-order valence-electron chi connectivity index (χ2n) is 4.70. The fraction of sp³-hybridized carbons (Fsp3) is 0.533. The fourth-order valence-corrected chi connectivity index (χ4v) is 2.09.